The van der Waals surface area contributed by atoms with E-state index in [1.54, 1.807) is 0 Å². The standard InChI is InChI=1S/C13H24N2O/c14-8-9-15(12-6-3-7-12)13(16)10-11-4-1-2-5-11/h11-12H,1-10,14H2. The van der Waals surface area contributed by atoms with E-state index in [1.165, 1.54) is 44.9 Å². The predicted octanol–water partition coefficient (Wildman–Crippen LogP) is 1.91. The Morgan fingerprint density at radius 3 is 2.31 bits per heavy atom. The molecular formula is C13H24N2O. The van der Waals surface area contributed by atoms with Crippen LogP contribution >= 0.6 is 0 Å². The summed E-state index contributed by atoms with van der Waals surface area (Å²) in [7, 11) is 0. The zero-order chi connectivity index (χ0) is 11.4. The average Bonchev–Trinajstić information content (AvgIpc) is 2.67. The summed E-state index contributed by atoms with van der Waals surface area (Å²) in [6.45, 7) is 1.36. The lowest BCUT2D eigenvalue weighted by atomic mass is 9.90. The molecule has 2 saturated carbocycles. The number of rotatable bonds is 5. The maximum Gasteiger partial charge on any atom is 0.223 e. The van der Waals surface area contributed by atoms with Crippen molar-refractivity contribution < 1.29 is 4.79 Å². The molecular weight excluding hydrogens is 200 g/mol. The van der Waals surface area contributed by atoms with Crippen LogP contribution in [-0.4, -0.2) is 29.9 Å². The number of nitrogens with zero attached hydrogens (tertiary/aromatic N) is 1. The van der Waals surface area contributed by atoms with Crippen LogP contribution in [0.2, 0.25) is 0 Å². The molecule has 0 spiro atoms. The van der Waals surface area contributed by atoms with Crippen LogP contribution in [0.5, 0.6) is 0 Å². The van der Waals surface area contributed by atoms with E-state index in [-0.39, 0.29) is 0 Å². The first-order valence-electron chi connectivity index (χ1n) is 6.81. The summed E-state index contributed by atoms with van der Waals surface area (Å²) >= 11 is 0. The van der Waals surface area contributed by atoms with E-state index in [1.807, 2.05) is 0 Å². The average molecular weight is 224 g/mol. The summed E-state index contributed by atoms with van der Waals surface area (Å²) in [5.41, 5.74) is 5.60. The number of hydrogen-bond acceptors (Lipinski definition) is 2. The highest BCUT2D eigenvalue weighted by molar-refractivity contribution is 5.77. The van der Waals surface area contributed by atoms with Crippen molar-refractivity contribution >= 4 is 5.91 Å². The maximum atomic E-state index is 12.2. The van der Waals surface area contributed by atoms with Crippen molar-refractivity contribution in [3.8, 4) is 0 Å². The zero-order valence-electron chi connectivity index (χ0n) is 10.2. The largest absolute Gasteiger partial charge is 0.338 e. The second-order valence-electron chi connectivity index (χ2n) is 5.32. The summed E-state index contributed by atoms with van der Waals surface area (Å²) in [6, 6.07) is 0.512. The monoisotopic (exact) mass is 224 g/mol. The number of carbonyl (C=O) groups excluding carboxylic acids is 1. The zero-order valence-corrected chi connectivity index (χ0v) is 10.2. The van der Waals surface area contributed by atoms with Gasteiger partial charge in [0.1, 0.15) is 0 Å². The molecule has 2 N–H and O–H groups in total. The minimum atomic E-state index is 0.363. The molecule has 0 atom stereocenters. The molecule has 0 aromatic carbocycles. The predicted molar refractivity (Wildman–Crippen MR) is 65.0 cm³/mol. The normalized spacial score (nSPS) is 22.1. The van der Waals surface area contributed by atoms with Gasteiger partial charge in [-0.3, -0.25) is 4.79 Å². The van der Waals surface area contributed by atoms with E-state index in [9.17, 15) is 4.79 Å². The van der Waals surface area contributed by atoms with Crippen LogP contribution in [0, 0.1) is 5.92 Å². The van der Waals surface area contributed by atoms with Crippen molar-refractivity contribution in [3.63, 3.8) is 0 Å². The van der Waals surface area contributed by atoms with E-state index in [4.69, 9.17) is 5.73 Å². The molecule has 92 valence electrons. The second kappa shape index (κ2) is 5.67. The van der Waals surface area contributed by atoms with E-state index in [0.717, 1.165) is 13.0 Å². The van der Waals surface area contributed by atoms with Gasteiger partial charge in [0, 0.05) is 25.6 Å². The lowest BCUT2D eigenvalue weighted by Crippen LogP contribution is -2.46. The van der Waals surface area contributed by atoms with Gasteiger partial charge in [-0.25, -0.2) is 0 Å². The Kier molecular flexibility index (Phi) is 4.22. The molecule has 0 heterocycles. The molecule has 0 saturated heterocycles. The van der Waals surface area contributed by atoms with E-state index in [2.05, 4.69) is 4.90 Å². The summed E-state index contributed by atoms with van der Waals surface area (Å²) in [4.78, 5) is 14.3. The third-order valence-electron chi connectivity index (χ3n) is 4.14. The van der Waals surface area contributed by atoms with Crippen LogP contribution in [0.4, 0.5) is 0 Å². The van der Waals surface area contributed by atoms with Gasteiger partial charge in [0.15, 0.2) is 0 Å². The van der Waals surface area contributed by atoms with E-state index in [0.29, 0.717) is 24.4 Å². The Morgan fingerprint density at radius 1 is 1.12 bits per heavy atom. The third kappa shape index (κ3) is 2.76. The molecule has 2 rings (SSSR count). The van der Waals surface area contributed by atoms with Crippen LogP contribution in [0.3, 0.4) is 0 Å². The minimum Gasteiger partial charge on any atom is -0.338 e. The van der Waals surface area contributed by atoms with Gasteiger partial charge in [-0.05, 0) is 38.0 Å². The SMILES string of the molecule is NCCN(C(=O)CC1CCCC1)C1CCC1. The van der Waals surface area contributed by atoms with Crippen molar-refractivity contribution in [2.45, 2.75) is 57.4 Å². The molecule has 0 radical (unpaired) electrons. The molecule has 3 heteroatoms. The Morgan fingerprint density at radius 2 is 1.81 bits per heavy atom. The highest BCUT2D eigenvalue weighted by atomic mass is 16.2. The second-order valence-corrected chi connectivity index (χ2v) is 5.32. The summed E-state index contributed by atoms with van der Waals surface area (Å²) in [5.74, 6) is 1.02. The maximum absolute atomic E-state index is 12.2. The molecule has 0 unspecified atom stereocenters. The summed E-state index contributed by atoms with van der Waals surface area (Å²) < 4.78 is 0. The Bertz CT molecular complexity index is 232. The summed E-state index contributed by atoms with van der Waals surface area (Å²) in [6.07, 6.45) is 9.59. The first-order valence-corrected chi connectivity index (χ1v) is 6.81. The van der Waals surface area contributed by atoms with Gasteiger partial charge in [0.05, 0.1) is 0 Å². The quantitative estimate of drug-likeness (QED) is 0.775. The van der Waals surface area contributed by atoms with Crippen LogP contribution in [-0.2, 0) is 4.79 Å². The lowest BCUT2D eigenvalue weighted by molar-refractivity contribution is -0.136. The highest BCUT2D eigenvalue weighted by Gasteiger charge is 2.29. The Labute approximate surface area is 98.4 Å². The van der Waals surface area contributed by atoms with Crippen LogP contribution < -0.4 is 5.73 Å². The van der Waals surface area contributed by atoms with Crippen molar-refractivity contribution in [1.29, 1.82) is 0 Å². The van der Waals surface area contributed by atoms with Crippen molar-refractivity contribution in [2.75, 3.05) is 13.1 Å². The topological polar surface area (TPSA) is 46.3 Å². The fourth-order valence-corrected chi connectivity index (χ4v) is 2.93. The minimum absolute atomic E-state index is 0.363. The first kappa shape index (κ1) is 11.9. The van der Waals surface area contributed by atoms with E-state index < -0.39 is 0 Å². The van der Waals surface area contributed by atoms with Crippen LogP contribution in [0.25, 0.3) is 0 Å². The van der Waals surface area contributed by atoms with Gasteiger partial charge in [-0.2, -0.15) is 0 Å². The van der Waals surface area contributed by atoms with Gasteiger partial charge in [0.2, 0.25) is 5.91 Å². The van der Waals surface area contributed by atoms with Crippen LogP contribution in [0.1, 0.15) is 51.4 Å². The molecule has 0 aliphatic heterocycles. The number of hydrogen-bond donors (Lipinski definition) is 1. The molecule has 2 fully saturated rings. The molecule has 1 amide bonds. The lowest BCUT2D eigenvalue weighted by Gasteiger charge is -2.38. The molecule has 2 aliphatic rings. The molecule has 0 aromatic heterocycles. The highest BCUT2D eigenvalue weighted by Crippen LogP contribution is 2.30. The molecule has 0 bridgehead atoms. The summed E-state index contributed by atoms with van der Waals surface area (Å²) in [5, 5.41) is 0. The third-order valence-corrected chi connectivity index (χ3v) is 4.14. The van der Waals surface area contributed by atoms with Gasteiger partial charge in [-0.1, -0.05) is 12.8 Å². The van der Waals surface area contributed by atoms with Crippen molar-refractivity contribution in [2.24, 2.45) is 11.7 Å². The van der Waals surface area contributed by atoms with Gasteiger partial charge < -0.3 is 10.6 Å². The van der Waals surface area contributed by atoms with Gasteiger partial charge >= 0.3 is 0 Å². The Hall–Kier alpha value is -0.570. The van der Waals surface area contributed by atoms with Gasteiger partial charge in [0.25, 0.3) is 0 Å². The fraction of sp³-hybridized carbons (Fsp3) is 0.923. The Balaban J connectivity index is 1.82. The number of amides is 1. The molecule has 2 aliphatic carbocycles. The molecule has 3 nitrogen and oxygen atoms in total. The smallest absolute Gasteiger partial charge is 0.223 e. The number of nitrogens with two attached hydrogens (primary N) is 1. The van der Waals surface area contributed by atoms with Crippen molar-refractivity contribution in [1.82, 2.24) is 4.90 Å². The van der Waals surface area contributed by atoms with Crippen molar-refractivity contribution in [3.05, 3.63) is 0 Å². The van der Waals surface area contributed by atoms with Crippen LogP contribution in [0.15, 0.2) is 0 Å². The molecule has 0 aromatic rings. The van der Waals surface area contributed by atoms with Gasteiger partial charge in [-0.15, -0.1) is 0 Å². The van der Waals surface area contributed by atoms with E-state index >= 15 is 0 Å². The first-order chi connectivity index (χ1) is 7.81. The fourth-order valence-electron chi connectivity index (χ4n) is 2.93. The molecule has 16 heavy (non-hydrogen) atoms. The number of carbonyl (C=O) groups is 1.